The number of hydrogen-bond donors (Lipinski definition) is 2. The van der Waals surface area contributed by atoms with Gasteiger partial charge in [-0.3, -0.25) is 0 Å². The second kappa shape index (κ2) is 5.78. The van der Waals surface area contributed by atoms with E-state index in [0.717, 1.165) is 17.1 Å². The molecule has 3 nitrogen and oxygen atoms in total. The van der Waals surface area contributed by atoms with Gasteiger partial charge in [0.2, 0.25) is 0 Å². The van der Waals surface area contributed by atoms with Gasteiger partial charge in [0.15, 0.2) is 0 Å². The lowest BCUT2D eigenvalue weighted by Crippen LogP contribution is -2.41. The number of aliphatic hydroxyl groups is 1. The van der Waals surface area contributed by atoms with E-state index in [-0.39, 0.29) is 12.1 Å². The fraction of sp³-hybridized carbons (Fsp3) is 0.333. The summed E-state index contributed by atoms with van der Waals surface area (Å²) in [6.07, 6.45) is 0. The minimum atomic E-state index is -0.312. The van der Waals surface area contributed by atoms with Crippen LogP contribution in [0.15, 0.2) is 40.8 Å². The summed E-state index contributed by atoms with van der Waals surface area (Å²) in [6, 6.07) is 11.4. The van der Waals surface area contributed by atoms with Crippen LogP contribution in [0, 0.1) is 0 Å². The molecule has 0 saturated heterocycles. The molecule has 0 spiro atoms. The Balaban J connectivity index is 2.05. The van der Waals surface area contributed by atoms with E-state index < -0.39 is 0 Å². The van der Waals surface area contributed by atoms with Crippen LogP contribution in [-0.4, -0.2) is 17.3 Å². The van der Waals surface area contributed by atoms with Crippen molar-refractivity contribution in [2.75, 3.05) is 6.61 Å². The van der Waals surface area contributed by atoms with Gasteiger partial charge in [0.25, 0.3) is 0 Å². The molecule has 2 N–H and O–H groups in total. The van der Waals surface area contributed by atoms with Crippen LogP contribution in [-0.2, 0) is 6.54 Å². The van der Waals surface area contributed by atoms with Crippen LogP contribution in [0.3, 0.4) is 0 Å². The van der Waals surface area contributed by atoms with Crippen molar-refractivity contribution in [1.29, 1.82) is 0 Å². The maximum Gasteiger partial charge on any atom is 0.134 e. The van der Waals surface area contributed by atoms with Gasteiger partial charge in [-0.1, -0.05) is 11.6 Å². The van der Waals surface area contributed by atoms with Crippen molar-refractivity contribution in [2.24, 2.45) is 0 Å². The van der Waals surface area contributed by atoms with Gasteiger partial charge in [-0.15, -0.1) is 0 Å². The van der Waals surface area contributed by atoms with Crippen LogP contribution in [0.1, 0.15) is 19.6 Å². The molecule has 1 aromatic heterocycles. The smallest absolute Gasteiger partial charge is 0.134 e. The molecule has 0 aliphatic rings. The van der Waals surface area contributed by atoms with Crippen molar-refractivity contribution in [3.05, 3.63) is 47.2 Å². The summed E-state index contributed by atoms with van der Waals surface area (Å²) in [4.78, 5) is 0. The maximum atomic E-state index is 9.18. The summed E-state index contributed by atoms with van der Waals surface area (Å²) in [5, 5.41) is 13.1. The van der Waals surface area contributed by atoms with E-state index in [4.69, 9.17) is 16.0 Å². The molecule has 1 heterocycles. The highest BCUT2D eigenvalue weighted by Crippen LogP contribution is 2.23. The first kappa shape index (κ1) is 14.1. The van der Waals surface area contributed by atoms with Gasteiger partial charge in [-0.25, -0.2) is 0 Å². The van der Waals surface area contributed by atoms with E-state index in [2.05, 4.69) is 5.32 Å². The Morgan fingerprint density at radius 1 is 1.16 bits per heavy atom. The van der Waals surface area contributed by atoms with Gasteiger partial charge in [0, 0.05) is 16.1 Å². The molecule has 2 aromatic rings. The van der Waals surface area contributed by atoms with Crippen molar-refractivity contribution in [1.82, 2.24) is 5.32 Å². The highest BCUT2D eigenvalue weighted by atomic mass is 35.5. The number of nitrogens with one attached hydrogen (secondary N) is 1. The normalized spacial score (nSPS) is 11.8. The number of halogens is 1. The van der Waals surface area contributed by atoms with Crippen LogP contribution >= 0.6 is 11.6 Å². The molecule has 0 bridgehead atoms. The number of benzene rings is 1. The molecule has 2 rings (SSSR count). The first-order chi connectivity index (χ1) is 9.00. The number of aliphatic hydroxyl groups excluding tert-OH is 1. The Bertz CT molecular complexity index is 531. The summed E-state index contributed by atoms with van der Waals surface area (Å²) in [6.45, 7) is 4.55. The molecule has 0 aliphatic carbocycles. The summed E-state index contributed by atoms with van der Waals surface area (Å²) < 4.78 is 5.76. The minimum absolute atomic E-state index is 0.0811. The van der Waals surface area contributed by atoms with E-state index in [0.29, 0.717) is 11.6 Å². The fourth-order valence-corrected chi connectivity index (χ4v) is 1.75. The molecule has 0 saturated carbocycles. The first-order valence-corrected chi connectivity index (χ1v) is 6.58. The third-order valence-corrected chi connectivity index (χ3v) is 3.18. The van der Waals surface area contributed by atoms with Gasteiger partial charge in [-0.2, -0.15) is 0 Å². The Hall–Kier alpha value is -1.29. The Morgan fingerprint density at radius 2 is 1.84 bits per heavy atom. The molecule has 4 heteroatoms. The van der Waals surface area contributed by atoms with Crippen LogP contribution < -0.4 is 5.32 Å². The molecule has 19 heavy (non-hydrogen) atoms. The predicted octanol–water partition coefficient (Wildman–Crippen LogP) is 3.46. The third-order valence-electron chi connectivity index (χ3n) is 2.93. The van der Waals surface area contributed by atoms with Crippen LogP contribution in [0.4, 0.5) is 0 Å². The Morgan fingerprint density at radius 3 is 2.47 bits per heavy atom. The van der Waals surface area contributed by atoms with Gasteiger partial charge >= 0.3 is 0 Å². The van der Waals surface area contributed by atoms with Crippen molar-refractivity contribution in [3.63, 3.8) is 0 Å². The molecular weight excluding hydrogens is 262 g/mol. The number of furan rings is 1. The molecule has 0 fully saturated rings. The van der Waals surface area contributed by atoms with Crippen LogP contribution in [0.5, 0.6) is 0 Å². The highest BCUT2D eigenvalue weighted by Gasteiger charge is 2.16. The zero-order valence-corrected chi connectivity index (χ0v) is 11.9. The molecule has 0 radical (unpaired) electrons. The summed E-state index contributed by atoms with van der Waals surface area (Å²) >= 11 is 5.86. The van der Waals surface area contributed by atoms with Crippen LogP contribution in [0.25, 0.3) is 11.3 Å². The van der Waals surface area contributed by atoms with Crippen molar-refractivity contribution < 1.29 is 9.52 Å². The van der Waals surface area contributed by atoms with E-state index in [1.54, 1.807) is 0 Å². The highest BCUT2D eigenvalue weighted by molar-refractivity contribution is 6.30. The lowest BCUT2D eigenvalue weighted by molar-refractivity contribution is 0.184. The summed E-state index contributed by atoms with van der Waals surface area (Å²) in [5.41, 5.74) is 0.685. The second-order valence-corrected chi connectivity index (χ2v) is 5.60. The lowest BCUT2D eigenvalue weighted by atomic mass is 10.1. The lowest BCUT2D eigenvalue weighted by Gasteiger charge is -2.22. The number of hydrogen-bond acceptors (Lipinski definition) is 3. The molecule has 0 amide bonds. The molecule has 0 aliphatic heterocycles. The van der Waals surface area contributed by atoms with Crippen LogP contribution in [0.2, 0.25) is 5.02 Å². The van der Waals surface area contributed by atoms with Gasteiger partial charge in [0.05, 0.1) is 13.2 Å². The Kier molecular flexibility index (Phi) is 4.30. The predicted molar refractivity (Wildman–Crippen MR) is 77.2 cm³/mol. The summed E-state index contributed by atoms with van der Waals surface area (Å²) in [5.74, 6) is 1.65. The maximum absolute atomic E-state index is 9.18. The SMILES string of the molecule is CC(C)(CO)NCc1ccc(-c2ccc(Cl)cc2)o1. The molecule has 0 atom stereocenters. The third kappa shape index (κ3) is 3.83. The number of rotatable bonds is 5. The quantitative estimate of drug-likeness (QED) is 0.881. The van der Waals surface area contributed by atoms with Gasteiger partial charge in [-0.05, 0) is 50.2 Å². The average Bonchev–Trinajstić information content (AvgIpc) is 2.86. The largest absolute Gasteiger partial charge is 0.460 e. The monoisotopic (exact) mass is 279 g/mol. The van der Waals surface area contributed by atoms with Gasteiger partial charge < -0.3 is 14.8 Å². The van der Waals surface area contributed by atoms with Crippen molar-refractivity contribution in [3.8, 4) is 11.3 Å². The first-order valence-electron chi connectivity index (χ1n) is 6.21. The molecular formula is C15H18ClNO2. The minimum Gasteiger partial charge on any atom is -0.460 e. The molecule has 102 valence electrons. The average molecular weight is 280 g/mol. The van der Waals surface area contributed by atoms with E-state index in [1.807, 2.05) is 50.2 Å². The topological polar surface area (TPSA) is 45.4 Å². The molecule has 1 aromatic carbocycles. The fourth-order valence-electron chi connectivity index (χ4n) is 1.62. The van der Waals surface area contributed by atoms with E-state index in [9.17, 15) is 5.11 Å². The molecule has 0 unspecified atom stereocenters. The Labute approximate surface area is 118 Å². The van der Waals surface area contributed by atoms with Crippen molar-refractivity contribution >= 4 is 11.6 Å². The van der Waals surface area contributed by atoms with E-state index >= 15 is 0 Å². The second-order valence-electron chi connectivity index (χ2n) is 5.17. The van der Waals surface area contributed by atoms with Gasteiger partial charge in [0.1, 0.15) is 11.5 Å². The summed E-state index contributed by atoms with van der Waals surface area (Å²) in [7, 11) is 0. The standard InChI is InChI=1S/C15H18ClNO2/c1-15(2,10-18)17-9-13-7-8-14(19-13)11-3-5-12(16)6-4-11/h3-8,17-18H,9-10H2,1-2H3. The zero-order valence-electron chi connectivity index (χ0n) is 11.1. The van der Waals surface area contributed by atoms with Crippen molar-refractivity contribution in [2.45, 2.75) is 25.9 Å². The zero-order chi connectivity index (χ0) is 13.9. The van der Waals surface area contributed by atoms with E-state index in [1.165, 1.54) is 0 Å².